The number of aryl methyl sites for hydroxylation is 1. The van der Waals surface area contributed by atoms with E-state index < -0.39 is 10.8 Å². The van der Waals surface area contributed by atoms with Crippen molar-refractivity contribution >= 4 is 29.1 Å². The number of nitrogens with zero attached hydrogens (tertiary/aromatic N) is 1. The molecule has 0 aliphatic carbocycles. The molecule has 0 saturated carbocycles. The molecule has 0 aliphatic heterocycles. The van der Waals surface area contributed by atoms with Gasteiger partial charge in [0.2, 0.25) is 0 Å². The fourth-order valence-corrected chi connectivity index (χ4v) is 2.80. The number of hydrogen-bond donors (Lipinski definition) is 3. The summed E-state index contributed by atoms with van der Waals surface area (Å²) in [5.41, 5.74) is 1.28. The number of hydrogen-bond acceptors (Lipinski definition) is 6. The Kier molecular flexibility index (Phi) is 6.96. The molecule has 32 heavy (non-hydrogen) atoms. The van der Waals surface area contributed by atoms with Gasteiger partial charge < -0.3 is 20.4 Å². The van der Waals surface area contributed by atoms with Gasteiger partial charge >= 0.3 is 0 Å². The molecule has 1 aromatic heterocycles. The van der Waals surface area contributed by atoms with Crippen molar-refractivity contribution in [2.75, 3.05) is 18.4 Å². The molecule has 3 rings (SSSR count). The number of amides is 3. The van der Waals surface area contributed by atoms with Crippen LogP contribution in [0.25, 0.3) is 0 Å². The van der Waals surface area contributed by atoms with E-state index in [2.05, 4.69) is 16.0 Å². The average molecular weight is 436 g/mol. The number of carbonyl (C=O) groups excluding carboxylic acids is 3. The Morgan fingerprint density at radius 3 is 2.19 bits per heavy atom. The summed E-state index contributed by atoms with van der Waals surface area (Å²) in [6.07, 6.45) is 1.40. The number of nitrogens with one attached hydrogen (secondary N) is 3. The molecule has 0 bridgehead atoms. The van der Waals surface area contributed by atoms with Gasteiger partial charge in [-0.15, -0.1) is 0 Å². The molecular weight excluding hydrogens is 416 g/mol. The Labute approximate surface area is 182 Å². The van der Waals surface area contributed by atoms with E-state index in [4.69, 9.17) is 4.42 Å². The van der Waals surface area contributed by atoms with Crippen LogP contribution in [0.3, 0.4) is 0 Å². The third-order valence-electron chi connectivity index (χ3n) is 4.51. The molecule has 164 valence electrons. The van der Waals surface area contributed by atoms with Gasteiger partial charge in [-0.3, -0.25) is 24.5 Å². The third-order valence-corrected chi connectivity index (χ3v) is 4.51. The number of carbonyl (C=O) groups is 3. The average Bonchev–Trinajstić information content (AvgIpc) is 3.32. The third kappa shape index (κ3) is 5.57. The maximum absolute atomic E-state index is 12.4. The molecule has 0 saturated heterocycles. The molecule has 1 heterocycles. The number of benzene rings is 2. The van der Waals surface area contributed by atoms with Crippen molar-refractivity contribution in [2.24, 2.45) is 0 Å². The summed E-state index contributed by atoms with van der Waals surface area (Å²) < 4.78 is 4.97. The van der Waals surface area contributed by atoms with Crippen molar-refractivity contribution < 1.29 is 23.7 Å². The van der Waals surface area contributed by atoms with E-state index in [1.165, 1.54) is 42.7 Å². The second kappa shape index (κ2) is 10.0. The van der Waals surface area contributed by atoms with Crippen LogP contribution in [0.1, 0.15) is 36.8 Å². The molecule has 10 heteroatoms. The van der Waals surface area contributed by atoms with Crippen molar-refractivity contribution in [3.8, 4) is 0 Å². The zero-order valence-electron chi connectivity index (χ0n) is 17.1. The van der Waals surface area contributed by atoms with Gasteiger partial charge in [0.1, 0.15) is 0 Å². The van der Waals surface area contributed by atoms with Crippen molar-refractivity contribution in [2.45, 2.75) is 6.92 Å². The summed E-state index contributed by atoms with van der Waals surface area (Å²) in [5.74, 6) is -1.03. The van der Waals surface area contributed by atoms with E-state index >= 15 is 0 Å². The first-order valence-electron chi connectivity index (χ1n) is 9.61. The number of nitro groups is 1. The summed E-state index contributed by atoms with van der Waals surface area (Å²) in [7, 11) is 0. The Morgan fingerprint density at radius 2 is 1.56 bits per heavy atom. The smallest absolute Gasteiger partial charge is 0.287 e. The molecule has 0 aliphatic rings. The zero-order chi connectivity index (χ0) is 23.1. The number of rotatable bonds is 8. The highest BCUT2D eigenvalue weighted by atomic mass is 16.6. The molecule has 0 radical (unpaired) electrons. The number of anilines is 1. The molecule has 0 atom stereocenters. The molecule has 3 aromatic rings. The highest BCUT2D eigenvalue weighted by Crippen LogP contribution is 2.20. The number of furan rings is 1. The normalized spacial score (nSPS) is 10.3. The van der Waals surface area contributed by atoms with Gasteiger partial charge in [-0.05, 0) is 49.4 Å². The van der Waals surface area contributed by atoms with Crippen LogP contribution in [0.4, 0.5) is 11.4 Å². The molecule has 10 nitrogen and oxygen atoms in total. The van der Waals surface area contributed by atoms with Gasteiger partial charge in [-0.25, -0.2) is 0 Å². The second-order valence-electron chi connectivity index (χ2n) is 6.78. The highest BCUT2D eigenvalue weighted by Gasteiger charge is 2.15. The summed E-state index contributed by atoms with van der Waals surface area (Å²) >= 11 is 0. The Morgan fingerprint density at radius 1 is 0.906 bits per heavy atom. The van der Waals surface area contributed by atoms with E-state index in [9.17, 15) is 24.5 Å². The minimum atomic E-state index is -0.540. The Balaban J connectivity index is 1.50. The van der Waals surface area contributed by atoms with Gasteiger partial charge in [0.25, 0.3) is 23.4 Å². The standard InChI is InChI=1S/C22H20N4O6/c1-14-4-5-16(13-18(14)26(30)31)21(28)25-17-8-6-15(7-9-17)20(27)23-10-11-24-22(29)19-3-2-12-32-19/h2-9,12-13H,10-11H2,1H3,(H,23,27)(H,24,29)(H,25,28). The predicted molar refractivity (Wildman–Crippen MR) is 116 cm³/mol. The first-order chi connectivity index (χ1) is 15.3. The Hall–Kier alpha value is -4.47. The zero-order valence-corrected chi connectivity index (χ0v) is 17.1. The lowest BCUT2D eigenvalue weighted by atomic mass is 10.1. The van der Waals surface area contributed by atoms with Gasteiger partial charge in [-0.2, -0.15) is 0 Å². The van der Waals surface area contributed by atoms with E-state index in [-0.39, 0.29) is 41.9 Å². The highest BCUT2D eigenvalue weighted by molar-refractivity contribution is 6.05. The molecule has 0 fully saturated rings. The van der Waals surface area contributed by atoms with E-state index in [0.717, 1.165) is 0 Å². The molecule has 3 amide bonds. The summed E-state index contributed by atoms with van der Waals surface area (Å²) in [6, 6.07) is 13.5. The van der Waals surface area contributed by atoms with Crippen LogP contribution in [0.5, 0.6) is 0 Å². The van der Waals surface area contributed by atoms with Gasteiger partial charge in [0, 0.05) is 41.5 Å². The van der Waals surface area contributed by atoms with Crippen LogP contribution < -0.4 is 16.0 Å². The molecule has 0 unspecified atom stereocenters. The van der Waals surface area contributed by atoms with Crippen LogP contribution in [-0.4, -0.2) is 35.7 Å². The summed E-state index contributed by atoms with van der Waals surface area (Å²) in [6.45, 7) is 2.04. The summed E-state index contributed by atoms with van der Waals surface area (Å²) in [5, 5.41) is 19.0. The largest absolute Gasteiger partial charge is 0.459 e. The van der Waals surface area contributed by atoms with Gasteiger partial charge in [0.15, 0.2) is 5.76 Å². The monoisotopic (exact) mass is 436 g/mol. The molecule has 3 N–H and O–H groups in total. The maximum Gasteiger partial charge on any atom is 0.287 e. The van der Waals surface area contributed by atoms with E-state index in [1.807, 2.05) is 0 Å². The van der Waals surface area contributed by atoms with Gasteiger partial charge in [-0.1, -0.05) is 6.07 Å². The topological polar surface area (TPSA) is 144 Å². The van der Waals surface area contributed by atoms with Crippen LogP contribution in [0.2, 0.25) is 0 Å². The van der Waals surface area contributed by atoms with Gasteiger partial charge in [0.05, 0.1) is 11.2 Å². The second-order valence-corrected chi connectivity index (χ2v) is 6.78. The minimum absolute atomic E-state index is 0.134. The fourth-order valence-electron chi connectivity index (χ4n) is 2.80. The van der Waals surface area contributed by atoms with Crippen molar-refractivity contribution in [3.05, 3.63) is 93.4 Å². The lowest BCUT2D eigenvalue weighted by Gasteiger charge is -2.08. The number of nitro benzene ring substituents is 1. The lowest BCUT2D eigenvalue weighted by molar-refractivity contribution is -0.385. The molecule has 2 aromatic carbocycles. The molecule has 0 spiro atoms. The SMILES string of the molecule is Cc1ccc(C(=O)Nc2ccc(C(=O)NCCNC(=O)c3ccco3)cc2)cc1[N+](=O)[O-]. The Bertz CT molecular complexity index is 1140. The van der Waals surface area contributed by atoms with Crippen molar-refractivity contribution in [3.63, 3.8) is 0 Å². The van der Waals surface area contributed by atoms with Crippen LogP contribution in [0.15, 0.2) is 65.3 Å². The molecular formula is C22H20N4O6. The summed E-state index contributed by atoms with van der Waals surface area (Å²) in [4.78, 5) is 46.8. The first kappa shape index (κ1) is 22.2. The quantitative estimate of drug-likeness (QED) is 0.281. The predicted octanol–water partition coefficient (Wildman–Crippen LogP) is 2.91. The van der Waals surface area contributed by atoms with Crippen molar-refractivity contribution in [1.82, 2.24) is 10.6 Å². The van der Waals surface area contributed by atoms with Crippen LogP contribution >= 0.6 is 0 Å². The van der Waals surface area contributed by atoms with E-state index in [0.29, 0.717) is 16.8 Å². The lowest BCUT2D eigenvalue weighted by Crippen LogP contribution is -2.34. The van der Waals surface area contributed by atoms with E-state index in [1.54, 1.807) is 25.1 Å². The van der Waals surface area contributed by atoms with Crippen molar-refractivity contribution in [1.29, 1.82) is 0 Å². The maximum atomic E-state index is 12.4. The minimum Gasteiger partial charge on any atom is -0.459 e. The fraction of sp³-hybridized carbons (Fsp3) is 0.136. The first-order valence-corrected chi connectivity index (χ1v) is 9.61. The van der Waals surface area contributed by atoms with Crippen LogP contribution in [0, 0.1) is 17.0 Å². The van der Waals surface area contributed by atoms with Crippen LogP contribution in [-0.2, 0) is 0 Å².